The molecule has 0 aromatic carbocycles. The molecule has 0 aromatic heterocycles. The van der Waals surface area contributed by atoms with Gasteiger partial charge in [-0.05, 0) is 6.92 Å². The van der Waals surface area contributed by atoms with Crippen molar-refractivity contribution >= 4 is 23.8 Å². The van der Waals surface area contributed by atoms with E-state index in [4.69, 9.17) is 4.74 Å². The largest absolute Gasteiger partial charge is 0.408 e. The number of carbonyl (C=O) groups is 3. The maximum atomic E-state index is 11.7. The first-order valence-electron chi connectivity index (χ1n) is 5.45. The summed E-state index contributed by atoms with van der Waals surface area (Å²) in [5.41, 5.74) is 2.30. The van der Waals surface area contributed by atoms with Crippen molar-refractivity contribution in [1.82, 2.24) is 10.4 Å². The van der Waals surface area contributed by atoms with Crippen LogP contribution in [0.2, 0.25) is 0 Å². The van der Waals surface area contributed by atoms with E-state index in [-0.39, 0.29) is 24.8 Å². The summed E-state index contributed by atoms with van der Waals surface area (Å²) >= 11 is 0. The van der Waals surface area contributed by atoms with Gasteiger partial charge in [-0.25, -0.2) is 14.6 Å². The molecule has 0 spiro atoms. The number of esters is 1. The highest BCUT2D eigenvalue weighted by atomic mass is 16.5. The molecule has 7 nitrogen and oxygen atoms in total. The van der Waals surface area contributed by atoms with E-state index in [0.29, 0.717) is 0 Å². The quantitative estimate of drug-likeness (QED) is 0.268. The predicted molar refractivity (Wildman–Crippen MR) is 65.6 cm³/mol. The summed E-state index contributed by atoms with van der Waals surface area (Å²) in [5.74, 6) is -1.11. The molecule has 0 heterocycles. The first-order valence-corrected chi connectivity index (χ1v) is 5.45. The summed E-state index contributed by atoms with van der Waals surface area (Å²) in [4.78, 5) is 37.1. The Balaban J connectivity index is 4.77. The van der Waals surface area contributed by atoms with Gasteiger partial charge in [-0.1, -0.05) is 13.5 Å². The van der Waals surface area contributed by atoms with Crippen LogP contribution in [0, 0.1) is 0 Å². The van der Waals surface area contributed by atoms with E-state index in [2.05, 4.69) is 17.0 Å². The number of aliphatic imine (C=N–C) groups is 1. The second-order valence-electron chi connectivity index (χ2n) is 3.18. The number of amides is 3. The number of nitrogens with one attached hydrogen (secondary N) is 1. The van der Waals surface area contributed by atoms with Crippen LogP contribution < -0.4 is 5.43 Å². The number of nitrogens with zero attached hydrogens (tertiary/aromatic N) is 2. The van der Waals surface area contributed by atoms with Crippen molar-refractivity contribution in [2.45, 2.75) is 27.2 Å². The highest BCUT2D eigenvalue weighted by Crippen LogP contribution is 1.96. The lowest BCUT2D eigenvalue weighted by Gasteiger charge is -2.18. The highest BCUT2D eigenvalue weighted by Gasteiger charge is 2.14. The molecule has 0 aromatic rings. The van der Waals surface area contributed by atoms with Crippen molar-refractivity contribution in [2.75, 3.05) is 6.54 Å². The lowest BCUT2D eigenvalue weighted by Crippen LogP contribution is -2.44. The Kier molecular flexibility index (Phi) is 7.02. The third-order valence-corrected chi connectivity index (χ3v) is 1.75. The zero-order chi connectivity index (χ0) is 14.1. The normalized spacial score (nSPS) is 10.5. The zero-order valence-corrected chi connectivity index (χ0v) is 10.7. The van der Waals surface area contributed by atoms with E-state index in [1.165, 1.54) is 6.92 Å². The Morgan fingerprint density at radius 3 is 2.39 bits per heavy atom. The van der Waals surface area contributed by atoms with E-state index >= 15 is 0 Å². The molecule has 0 atom stereocenters. The standard InChI is InChI=1S/C11H17N3O4/c1-5-9(18-10(16)6-2)12-11(17)14(7-3)13-8(4)15/h6H,2,5,7H2,1,3-4H3,(H,13,15). The average molecular weight is 255 g/mol. The Morgan fingerprint density at radius 1 is 1.39 bits per heavy atom. The second kappa shape index (κ2) is 7.99. The van der Waals surface area contributed by atoms with Crippen molar-refractivity contribution in [3.8, 4) is 0 Å². The number of hydrogen-bond donors (Lipinski definition) is 1. The Hall–Kier alpha value is -2.18. The van der Waals surface area contributed by atoms with Crippen LogP contribution in [0.25, 0.3) is 0 Å². The van der Waals surface area contributed by atoms with Gasteiger partial charge in [0.1, 0.15) is 0 Å². The molecule has 0 unspecified atom stereocenters. The van der Waals surface area contributed by atoms with Crippen LogP contribution in [0.5, 0.6) is 0 Å². The molecule has 7 heteroatoms. The second-order valence-corrected chi connectivity index (χ2v) is 3.18. The van der Waals surface area contributed by atoms with Crippen LogP contribution >= 0.6 is 0 Å². The third kappa shape index (κ3) is 5.78. The summed E-state index contributed by atoms with van der Waals surface area (Å²) in [6.45, 7) is 8.11. The number of hydrogen-bond acceptors (Lipinski definition) is 4. The monoisotopic (exact) mass is 255 g/mol. The van der Waals surface area contributed by atoms with Gasteiger partial charge in [0.05, 0.1) is 0 Å². The predicted octanol–water partition coefficient (Wildman–Crippen LogP) is 1.02. The first kappa shape index (κ1) is 15.8. The summed E-state index contributed by atoms with van der Waals surface area (Å²) in [5, 5.41) is 1.01. The number of rotatable bonds is 3. The summed E-state index contributed by atoms with van der Waals surface area (Å²) in [6, 6.07) is -0.707. The molecule has 1 N–H and O–H groups in total. The molecule has 18 heavy (non-hydrogen) atoms. The maximum Gasteiger partial charge on any atom is 0.365 e. The average Bonchev–Trinajstić information content (AvgIpc) is 2.34. The number of hydrazine groups is 1. The van der Waals surface area contributed by atoms with Crippen molar-refractivity contribution in [1.29, 1.82) is 0 Å². The van der Waals surface area contributed by atoms with Gasteiger partial charge in [0, 0.05) is 26.0 Å². The Morgan fingerprint density at radius 2 is 2.00 bits per heavy atom. The van der Waals surface area contributed by atoms with Gasteiger partial charge in [0.25, 0.3) is 0 Å². The van der Waals surface area contributed by atoms with E-state index in [0.717, 1.165) is 11.1 Å². The van der Waals surface area contributed by atoms with Gasteiger partial charge in [0.2, 0.25) is 11.8 Å². The highest BCUT2D eigenvalue weighted by molar-refractivity contribution is 5.98. The molecule has 0 aliphatic carbocycles. The molecule has 3 amide bonds. The molecular weight excluding hydrogens is 238 g/mol. The van der Waals surface area contributed by atoms with Crippen LogP contribution in [0.3, 0.4) is 0 Å². The van der Waals surface area contributed by atoms with Crippen molar-refractivity contribution in [2.24, 2.45) is 4.99 Å². The molecule has 0 aliphatic heterocycles. The first-order chi connectivity index (χ1) is 8.44. The number of urea groups is 1. The lowest BCUT2D eigenvalue weighted by atomic mass is 10.5. The maximum absolute atomic E-state index is 11.7. The van der Waals surface area contributed by atoms with Gasteiger partial charge in [-0.3, -0.25) is 10.2 Å². The summed E-state index contributed by atoms with van der Waals surface area (Å²) in [6.07, 6.45) is 1.24. The molecule has 0 radical (unpaired) electrons. The van der Waals surface area contributed by atoms with E-state index < -0.39 is 12.0 Å². The minimum absolute atomic E-state index is 0.0336. The van der Waals surface area contributed by atoms with Crippen LogP contribution in [0.4, 0.5) is 4.79 Å². The molecule has 0 aliphatic rings. The third-order valence-electron chi connectivity index (χ3n) is 1.75. The molecule has 0 fully saturated rings. The van der Waals surface area contributed by atoms with Crippen molar-refractivity contribution < 1.29 is 19.1 Å². The summed E-state index contributed by atoms with van der Waals surface area (Å²) in [7, 11) is 0. The van der Waals surface area contributed by atoms with Crippen LogP contribution in [-0.4, -0.2) is 35.4 Å². The topological polar surface area (TPSA) is 88.1 Å². The van der Waals surface area contributed by atoms with E-state index in [9.17, 15) is 14.4 Å². The fourth-order valence-corrected chi connectivity index (χ4v) is 0.951. The molecule has 0 saturated heterocycles. The minimum Gasteiger partial charge on any atom is -0.408 e. The lowest BCUT2D eigenvalue weighted by molar-refractivity contribution is -0.130. The fourth-order valence-electron chi connectivity index (χ4n) is 0.951. The summed E-state index contributed by atoms with van der Waals surface area (Å²) < 4.78 is 4.75. The Bertz CT molecular complexity index is 376. The van der Waals surface area contributed by atoms with Gasteiger partial charge >= 0.3 is 12.0 Å². The number of carbonyl (C=O) groups excluding carboxylic acids is 3. The van der Waals surface area contributed by atoms with Crippen molar-refractivity contribution in [3.05, 3.63) is 12.7 Å². The van der Waals surface area contributed by atoms with Gasteiger partial charge < -0.3 is 4.74 Å². The molecule has 0 rings (SSSR count). The van der Waals surface area contributed by atoms with Gasteiger partial charge in [-0.15, -0.1) is 0 Å². The van der Waals surface area contributed by atoms with Gasteiger partial charge in [0.15, 0.2) is 0 Å². The molecule has 100 valence electrons. The molecule has 0 bridgehead atoms. The van der Waals surface area contributed by atoms with Crippen LogP contribution in [-0.2, 0) is 14.3 Å². The van der Waals surface area contributed by atoms with Crippen LogP contribution in [0.1, 0.15) is 27.2 Å². The SMILES string of the molecule is C=CC(=O)OC(CC)=NC(=O)N(CC)NC(C)=O. The smallest absolute Gasteiger partial charge is 0.365 e. The minimum atomic E-state index is -0.707. The Labute approximate surface area is 105 Å². The zero-order valence-electron chi connectivity index (χ0n) is 10.7. The number of ether oxygens (including phenoxy) is 1. The molecule has 0 saturated carbocycles. The van der Waals surface area contributed by atoms with E-state index in [1.807, 2.05) is 0 Å². The fraction of sp³-hybridized carbons (Fsp3) is 0.455. The van der Waals surface area contributed by atoms with Crippen molar-refractivity contribution in [3.63, 3.8) is 0 Å². The van der Waals surface area contributed by atoms with E-state index in [1.54, 1.807) is 13.8 Å². The van der Waals surface area contributed by atoms with Crippen LogP contribution in [0.15, 0.2) is 17.6 Å². The van der Waals surface area contributed by atoms with Gasteiger partial charge in [-0.2, -0.15) is 4.99 Å². The molecular formula is C11H17N3O4.